The van der Waals surface area contributed by atoms with E-state index in [-0.39, 0.29) is 17.9 Å². The van der Waals surface area contributed by atoms with Crippen molar-refractivity contribution in [1.82, 2.24) is 9.97 Å². The van der Waals surface area contributed by atoms with Crippen molar-refractivity contribution in [2.45, 2.75) is 6.92 Å². The molecule has 0 spiro atoms. The molecule has 1 aromatic carbocycles. The minimum absolute atomic E-state index is 0.158. The monoisotopic (exact) mass is 290 g/mol. The van der Waals surface area contributed by atoms with Crippen LogP contribution < -0.4 is 10.3 Å². The van der Waals surface area contributed by atoms with Gasteiger partial charge in [0.2, 0.25) is 0 Å². The Bertz CT molecular complexity index is 897. The Morgan fingerprint density at radius 3 is 2.95 bits per heavy atom. The number of aromatic nitrogens is 2. The number of rotatable bonds is 2. The van der Waals surface area contributed by atoms with Gasteiger partial charge in [-0.2, -0.15) is 0 Å². The number of halogens is 1. The number of ether oxygens (including phenoxy) is 2. The maximum absolute atomic E-state index is 13.3. The van der Waals surface area contributed by atoms with E-state index in [1.165, 1.54) is 24.4 Å². The number of carbonyl (C=O) groups excluding carboxylic acids is 1. The molecule has 0 radical (unpaired) electrons. The van der Waals surface area contributed by atoms with E-state index in [2.05, 4.69) is 9.97 Å². The summed E-state index contributed by atoms with van der Waals surface area (Å²) in [5, 5.41) is 0.966. The van der Waals surface area contributed by atoms with Gasteiger partial charge in [-0.25, -0.2) is 9.18 Å². The third-order valence-electron chi connectivity index (χ3n) is 3.03. The van der Waals surface area contributed by atoms with Gasteiger partial charge < -0.3 is 19.4 Å². The summed E-state index contributed by atoms with van der Waals surface area (Å²) >= 11 is 0. The molecule has 0 aliphatic carbocycles. The highest BCUT2D eigenvalue weighted by Crippen LogP contribution is 2.30. The summed E-state index contributed by atoms with van der Waals surface area (Å²) in [4.78, 5) is 28.7. The van der Waals surface area contributed by atoms with Crippen molar-refractivity contribution in [2.75, 3.05) is 6.61 Å². The van der Waals surface area contributed by atoms with Gasteiger partial charge in [-0.15, -0.1) is 0 Å². The van der Waals surface area contributed by atoms with Crippen LogP contribution in [0.5, 0.6) is 5.75 Å². The Labute approximate surface area is 117 Å². The molecule has 21 heavy (non-hydrogen) atoms. The van der Waals surface area contributed by atoms with Gasteiger partial charge in [0.1, 0.15) is 11.3 Å². The van der Waals surface area contributed by atoms with E-state index in [1.54, 1.807) is 6.92 Å². The first-order chi connectivity index (χ1) is 10.1. The molecule has 6 nitrogen and oxygen atoms in total. The molecule has 0 saturated carbocycles. The number of hydrogen-bond acceptors (Lipinski definition) is 4. The molecule has 0 fully saturated rings. The van der Waals surface area contributed by atoms with Gasteiger partial charge >= 0.3 is 6.16 Å². The fourth-order valence-corrected chi connectivity index (χ4v) is 2.19. The summed E-state index contributed by atoms with van der Waals surface area (Å²) in [5.41, 5.74) is 0.135. The van der Waals surface area contributed by atoms with Crippen LogP contribution in [0.1, 0.15) is 6.92 Å². The first-order valence-corrected chi connectivity index (χ1v) is 6.27. The highest BCUT2D eigenvalue weighted by molar-refractivity contribution is 6.08. The molecule has 0 atom stereocenters. The van der Waals surface area contributed by atoms with Crippen LogP contribution in [0, 0.1) is 5.82 Å². The fourth-order valence-electron chi connectivity index (χ4n) is 2.19. The van der Waals surface area contributed by atoms with Crippen LogP contribution in [0.3, 0.4) is 0 Å². The number of fused-ring (bicyclic) bond motifs is 3. The lowest BCUT2D eigenvalue weighted by Crippen LogP contribution is -2.10. The quantitative estimate of drug-likeness (QED) is 0.711. The molecule has 0 amide bonds. The molecular weight excluding hydrogens is 279 g/mol. The van der Waals surface area contributed by atoms with E-state index in [9.17, 15) is 14.0 Å². The van der Waals surface area contributed by atoms with E-state index in [4.69, 9.17) is 9.47 Å². The van der Waals surface area contributed by atoms with Gasteiger partial charge in [0.15, 0.2) is 5.75 Å². The van der Waals surface area contributed by atoms with Crippen molar-refractivity contribution in [3.63, 3.8) is 0 Å². The summed E-state index contributed by atoms with van der Waals surface area (Å²) in [6.45, 7) is 1.83. The number of H-pyrrole nitrogens is 2. The number of hydrogen-bond donors (Lipinski definition) is 2. The molecule has 2 heterocycles. The maximum Gasteiger partial charge on any atom is 0.513 e. The zero-order chi connectivity index (χ0) is 15.0. The summed E-state index contributed by atoms with van der Waals surface area (Å²) in [5.74, 6) is -0.313. The van der Waals surface area contributed by atoms with Crippen LogP contribution in [0.2, 0.25) is 0 Å². The first-order valence-electron chi connectivity index (χ1n) is 6.27. The second-order valence-electron chi connectivity index (χ2n) is 4.33. The molecule has 0 bridgehead atoms. The van der Waals surface area contributed by atoms with E-state index in [1.807, 2.05) is 0 Å². The predicted molar refractivity (Wildman–Crippen MR) is 74.0 cm³/mol. The molecule has 0 aliphatic rings. The van der Waals surface area contributed by atoms with Crippen molar-refractivity contribution in [3.05, 3.63) is 40.6 Å². The molecule has 108 valence electrons. The molecular formula is C14H11FN2O4. The topological polar surface area (TPSA) is 84.2 Å². The largest absolute Gasteiger partial charge is 0.513 e. The smallest absolute Gasteiger partial charge is 0.434 e. The molecule has 0 aliphatic heterocycles. The Morgan fingerprint density at radius 1 is 1.38 bits per heavy atom. The van der Waals surface area contributed by atoms with Crippen LogP contribution in [0.4, 0.5) is 9.18 Å². The minimum Gasteiger partial charge on any atom is -0.434 e. The van der Waals surface area contributed by atoms with Crippen molar-refractivity contribution < 1.29 is 18.7 Å². The number of carbonyl (C=O) groups is 1. The Kier molecular flexibility index (Phi) is 3.09. The molecule has 2 N–H and O–H groups in total. The van der Waals surface area contributed by atoms with Gasteiger partial charge in [0, 0.05) is 11.6 Å². The summed E-state index contributed by atoms with van der Waals surface area (Å²) in [6, 6.07) is 3.98. The lowest BCUT2D eigenvalue weighted by molar-refractivity contribution is 0.105. The lowest BCUT2D eigenvalue weighted by atomic mass is 10.1. The second kappa shape index (κ2) is 4.93. The van der Waals surface area contributed by atoms with Crippen molar-refractivity contribution in [2.24, 2.45) is 0 Å². The van der Waals surface area contributed by atoms with Gasteiger partial charge in [-0.3, -0.25) is 4.79 Å². The van der Waals surface area contributed by atoms with E-state index >= 15 is 0 Å². The number of nitrogens with one attached hydrogen (secondary N) is 2. The summed E-state index contributed by atoms with van der Waals surface area (Å²) in [6.07, 6.45) is 0.522. The average Bonchev–Trinajstić information content (AvgIpc) is 2.83. The maximum atomic E-state index is 13.3. The summed E-state index contributed by atoms with van der Waals surface area (Å²) < 4.78 is 23.0. The summed E-state index contributed by atoms with van der Waals surface area (Å²) in [7, 11) is 0. The average molecular weight is 290 g/mol. The van der Waals surface area contributed by atoms with Gasteiger partial charge in [-0.05, 0) is 25.1 Å². The predicted octanol–water partition coefficient (Wildman–Crippen LogP) is 2.68. The van der Waals surface area contributed by atoms with Crippen molar-refractivity contribution in [1.29, 1.82) is 0 Å². The fraction of sp³-hybridized carbons (Fsp3) is 0.143. The number of benzene rings is 1. The van der Waals surface area contributed by atoms with Gasteiger partial charge in [-0.1, -0.05) is 0 Å². The van der Waals surface area contributed by atoms with E-state index in [0.29, 0.717) is 16.3 Å². The van der Waals surface area contributed by atoms with Crippen LogP contribution in [0.25, 0.3) is 21.8 Å². The van der Waals surface area contributed by atoms with Crippen LogP contribution in [-0.4, -0.2) is 22.7 Å². The number of aromatic amines is 2. The molecule has 3 aromatic rings. The van der Waals surface area contributed by atoms with Crippen LogP contribution in [-0.2, 0) is 4.74 Å². The molecule has 0 saturated heterocycles. The minimum atomic E-state index is -0.867. The van der Waals surface area contributed by atoms with E-state index in [0.717, 1.165) is 0 Å². The van der Waals surface area contributed by atoms with Crippen LogP contribution in [0.15, 0.2) is 29.2 Å². The molecule has 3 rings (SSSR count). The van der Waals surface area contributed by atoms with Crippen molar-refractivity contribution in [3.8, 4) is 5.75 Å². The van der Waals surface area contributed by atoms with Gasteiger partial charge in [0.25, 0.3) is 5.56 Å². The SMILES string of the molecule is CCOC(=O)Oc1c[nH]c2c(=O)[nH]c3cc(F)ccc3c12. The van der Waals surface area contributed by atoms with E-state index < -0.39 is 17.5 Å². The van der Waals surface area contributed by atoms with Gasteiger partial charge in [0.05, 0.1) is 17.5 Å². The van der Waals surface area contributed by atoms with Crippen molar-refractivity contribution >= 4 is 28.0 Å². The zero-order valence-electron chi connectivity index (χ0n) is 11.0. The van der Waals surface area contributed by atoms with Crippen LogP contribution >= 0.6 is 0 Å². The highest BCUT2D eigenvalue weighted by atomic mass is 19.1. The Balaban J connectivity index is 2.25. The molecule has 7 heteroatoms. The normalized spacial score (nSPS) is 11.0. The lowest BCUT2D eigenvalue weighted by Gasteiger charge is -2.04. The molecule has 2 aromatic heterocycles. The second-order valence-corrected chi connectivity index (χ2v) is 4.33. The Morgan fingerprint density at radius 2 is 2.19 bits per heavy atom. The number of pyridine rings is 1. The highest BCUT2D eigenvalue weighted by Gasteiger charge is 2.16. The third-order valence-corrected chi connectivity index (χ3v) is 3.03. The molecule has 0 unspecified atom stereocenters. The standard InChI is InChI=1S/C14H11FN2O4/c1-2-20-14(19)21-10-6-16-12-11(10)8-4-3-7(15)5-9(8)17-13(12)18/h3-6,16H,2H2,1H3,(H,17,18). The third kappa shape index (κ3) is 2.22. The first kappa shape index (κ1) is 13.2. The zero-order valence-corrected chi connectivity index (χ0v) is 11.0. The Hall–Kier alpha value is -2.83.